The minimum atomic E-state index is 0.753. The summed E-state index contributed by atoms with van der Waals surface area (Å²) in [7, 11) is 0. The maximum absolute atomic E-state index is 3.73. The Kier molecular flexibility index (Phi) is 4.87. The van der Waals surface area contributed by atoms with E-state index < -0.39 is 0 Å². The Morgan fingerprint density at radius 3 is 2.47 bits per heavy atom. The van der Waals surface area contributed by atoms with Gasteiger partial charge in [-0.3, -0.25) is 4.90 Å². The molecule has 0 heterocycles. The number of nitrogens with one attached hydrogen (secondary N) is 1. The number of hydrogen-bond donors (Lipinski definition) is 1. The second-order valence-electron chi connectivity index (χ2n) is 6.12. The monoisotopic (exact) mass is 238 g/mol. The third-order valence-electron chi connectivity index (χ3n) is 4.47. The van der Waals surface area contributed by atoms with Crippen LogP contribution in [0, 0.1) is 5.92 Å². The van der Waals surface area contributed by atoms with Crippen LogP contribution in [0.4, 0.5) is 0 Å². The molecule has 2 rings (SSSR count). The predicted molar refractivity (Wildman–Crippen MR) is 74.3 cm³/mol. The van der Waals surface area contributed by atoms with Crippen LogP contribution < -0.4 is 5.32 Å². The van der Waals surface area contributed by atoms with Gasteiger partial charge in [0.25, 0.3) is 0 Å². The van der Waals surface area contributed by atoms with E-state index in [-0.39, 0.29) is 0 Å². The zero-order valence-electron chi connectivity index (χ0n) is 11.9. The summed E-state index contributed by atoms with van der Waals surface area (Å²) in [5, 5.41) is 3.73. The molecule has 0 aliphatic heterocycles. The highest BCUT2D eigenvalue weighted by Gasteiger charge is 2.39. The van der Waals surface area contributed by atoms with E-state index in [9.17, 15) is 0 Å². The topological polar surface area (TPSA) is 15.3 Å². The molecule has 0 aromatic carbocycles. The fourth-order valence-electron chi connectivity index (χ4n) is 3.50. The molecule has 0 bridgehead atoms. The molecule has 0 saturated heterocycles. The Labute approximate surface area is 107 Å². The molecule has 1 N–H and O–H groups in total. The lowest BCUT2D eigenvalue weighted by atomic mass is 9.82. The molecule has 3 atom stereocenters. The Morgan fingerprint density at radius 2 is 1.88 bits per heavy atom. The molecule has 2 saturated carbocycles. The van der Waals surface area contributed by atoms with Crippen molar-refractivity contribution in [3.8, 4) is 0 Å². The molecule has 100 valence electrons. The van der Waals surface area contributed by atoms with E-state index in [2.05, 4.69) is 31.0 Å². The van der Waals surface area contributed by atoms with E-state index in [0.717, 1.165) is 30.6 Å². The minimum absolute atomic E-state index is 0.753. The fraction of sp³-hybridized carbons (Fsp3) is 1.00. The quantitative estimate of drug-likeness (QED) is 0.765. The molecule has 17 heavy (non-hydrogen) atoms. The molecular formula is C15H30N2. The van der Waals surface area contributed by atoms with Gasteiger partial charge in [-0.05, 0) is 57.5 Å². The second-order valence-corrected chi connectivity index (χ2v) is 6.12. The summed E-state index contributed by atoms with van der Waals surface area (Å²) >= 11 is 0. The molecule has 0 radical (unpaired) electrons. The normalized spacial score (nSPS) is 34.2. The highest BCUT2D eigenvalue weighted by molar-refractivity contribution is 4.96. The first-order valence-electron chi connectivity index (χ1n) is 7.75. The average Bonchev–Trinajstić information content (AvgIpc) is 3.13. The number of rotatable bonds is 6. The van der Waals surface area contributed by atoms with Gasteiger partial charge in [0, 0.05) is 18.1 Å². The number of likely N-dealkylation sites (N-methyl/N-ethyl adjacent to an activating group) is 1. The highest BCUT2D eigenvalue weighted by atomic mass is 15.2. The Hall–Kier alpha value is -0.0800. The van der Waals surface area contributed by atoms with Crippen molar-refractivity contribution in [2.75, 3.05) is 13.1 Å². The number of nitrogens with zero attached hydrogens (tertiary/aromatic N) is 1. The van der Waals surface area contributed by atoms with E-state index >= 15 is 0 Å². The van der Waals surface area contributed by atoms with Crippen molar-refractivity contribution in [1.82, 2.24) is 10.2 Å². The van der Waals surface area contributed by atoms with Crippen LogP contribution in [0.25, 0.3) is 0 Å². The van der Waals surface area contributed by atoms with Crippen LogP contribution in [0.1, 0.15) is 59.3 Å². The van der Waals surface area contributed by atoms with Crippen LogP contribution in [0.3, 0.4) is 0 Å². The van der Waals surface area contributed by atoms with Gasteiger partial charge in [-0.1, -0.05) is 20.8 Å². The van der Waals surface area contributed by atoms with Crippen LogP contribution in [-0.2, 0) is 0 Å². The molecular weight excluding hydrogens is 208 g/mol. The smallest absolute Gasteiger partial charge is 0.0254 e. The lowest BCUT2D eigenvalue weighted by Crippen LogP contribution is -2.54. The zero-order chi connectivity index (χ0) is 12.3. The van der Waals surface area contributed by atoms with E-state index in [1.807, 2.05) is 0 Å². The van der Waals surface area contributed by atoms with E-state index in [4.69, 9.17) is 0 Å². The van der Waals surface area contributed by atoms with Gasteiger partial charge in [0.2, 0.25) is 0 Å². The molecule has 2 aliphatic rings. The molecule has 2 nitrogen and oxygen atoms in total. The maximum Gasteiger partial charge on any atom is 0.0254 e. The third-order valence-corrected chi connectivity index (χ3v) is 4.47. The number of hydrogen-bond acceptors (Lipinski definition) is 2. The largest absolute Gasteiger partial charge is 0.313 e. The minimum Gasteiger partial charge on any atom is -0.313 e. The van der Waals surface area contributed by atoms with Crippen molar-refractivity contribution >= 4 is 0 Å². The molecule has 0 amide bonds. The van der Waals surface area contributed by atoms with Crippen molar-refractivity contribution < 1.29 is 0 Å². The lowest BCUT2D eigenvalue weighted by Gasteiger charge is -2.42. The third kappa shape index (κ3) is 3.45. The van der Waals surface area contributed by atoms with Gasteiger partial charge in [-0.2, -0.15) is 0 Å². The highest BCUT2D eigenvalue weighted by Crippen LogP contribution is 2.35. The first-order chi connectivity index (χ1) is 8.26. The van der Waals surface area contributed by atoms with Crippen LogP contribution >= 0.6 is 0 Å². The summed E-state index contributed by atoms with van der Waals surface area (Å²) in [6.07, 6.45) is 8.41. The van der Waals surface area contributed by atoms with Crippen LogP contribution in [-0.4, -0.2) is 36.1 Å². The van der Waals surface area contributed by atoms with Crippen molar-refractivity contribution in [3.05, 3.63) is 0 Å². The second kappa shape index (κ2) is 6.19. The first kappa shape index (κ1) is 13.4. The van der Waals surface area contributed by atoms with Gasteiger partial charge < -0.3 is 5.32 Å². The van der Waals surface area contributed by atoms with Crippen molar-refractivity contribution in [3.63, 3.8) is 0 Å². The average molecular weight is 238 g/mol. The van der Waals surface area contributed by atoms with E-state index in [1.54, 1.807) is 0 Å². The Morgan fingerprint density at radius 1 is 1.12 bits per heavy atom. The lowest BCUT2D eigenvalue weighted by molar-refractivity contribution is 0.0943. The molecule has 0 aromatic heterocycles. The van der Waals surface area contributed by atoms with Gasteiger partial charge >= 0.3 is 0 Å². The van der Waals surface area contributed by atoms with Crippen LogP contribution in [0.5, 0.6) is 0 Å². The predicted octanol–water partition coefficient (Wildman–Crippen LogP) is 3.03. The van der Waals surface area contributed by atoms with E-state index in [0.29, 0.717) is 0 Å². The molecule has 2 fully saturated rings. The Balaban J connectivity index is 2.00. The molecule has 2 aliphatic carbocycles. The standard InChI is InChI=1S/C15H30N2/c1-4-10-17(13-7-8-13)15-11-12(3)6-9-14(15)16-5-2/h12-16H,4-11H2,1-3H3. The zero-order valence-corrected chi connectivity index (χ0v) is 11.9. The fourth-order valence-corrected chi connectivity index (χ4v) is 3.50. The van der Waals surface area contributed by atoms with Crippen molar-refractivity contribution in [2.45, 2.75) is 77.4 Å². The summed E-state index contributed by atoms with van der Waals surface area (Å²) in [5.41, 5.74) is 0. The Bertz CT molecular complexity index is 225. The van der Waals surface area contributed by atoms with Gasteiger partial charge in [0.15, 0.2) is 0 Å². The maximum atomic E-state index is 3.73. The summed E-state index contributed by atoms with van der Waals surface area (Å²) in [5.74, 6) is 0.924. The van der Waals surface area contributed by atoms with Gasteiger partial charge in [-0.15, -0.1) is 0 Å². The van der Waals surface area contributed by atoms with Crippen LogP contribution in [0.2, 0.25) is 0 Å². The summed E-state index contributed by atoms with van der Waals surface area (Å²) in [6.45, 7) is 9.44. The summed E-state index contributed by atoms with van der Waals surface area (Å²) < 4.78 is 0. The SMILES string of the molecule is CCCN(C1CC1)C1CC(C)CCC1NCC. The van der Waals surface area contributed by atoms with Crippen molar-refractivity contribution in [1.29, 1.82) is 0 Å². The van der Waals surface area contributed by atoms with E-state index in [1.165, 1.54) is 45.1 Å². The molecule has 0 spiro atoms. The molecule has 2 heteroatoms. The molecule has 3 unspecified atom stereocenters. The van der Waals surface area contributed by atoms with Gasteiger partial charge in [0.05, 0.1) is 0 Å². The summed E-state index contributed by atoms with van der Waals surface area (Å²) in [4.78, 5) is 2.84. The van der Waals surface area contributed by atoms with Gasteiger partial charge in [-0.25, -0.2) is 0 Å². The summed E-state index contributed by atoms with van der Waals surface area (Å²) in [6, 6.07) is 2.49. The van der Waals surface area contributed by atoms with Gasteiger partial charge in [0.1, 0.15) is 0 Å². The van der Waals surface area contributed by atoms with Crippen LogP contribution in [0.15, 0.2) is 0 Å². The first-order valence-corrected chi connectivity index (χ1v) is 7.75. The molecule has 0 aromatic rings. The van der Waals surface area contributed by atoms with Crippen molar-refractivity contribution in [2.24, 2.45) is 5.92 Å².